The van der Waals surface area contributed by atoms with E-state index in [1.807, 2.05) is 56.3 Å². The molecule has 0 heterocycles. The Labute approximate surface area is 185 Å². The molecule has 6 heteroatoms. The first kappa shape index (κ1) is 21.6. The Hall–Kier alpha value is -2.08. The van der Waals surface area contributed by atoms with E-state index in [1.54, 1.807) is 36.4 Å². The van der Waals surface area contributed by atoms with Crippen LogP contribution in [-0.2, 0) is 10.0 Å². The molecule has 0 aromatic heterocycles. The first-order valence-electron chi connectivity index (χ1n) is 9.04. The molecule has 0 saturated carbocycles. The lowest BCUT2D eigenvalue weighted by atomic mass is 10.2. The summed E-state index contributed by atoms with van der Waals surface area (Å²) >= 11 is 9.75. The van der Waals surface area contributed by atoms with Gasteiger partial charge in [0, 0.05) is 9.51 Å². The maximum Gasteiger partial charge on any atom is 0.264 e. The molecule has 3 rings (SSSR count). The fourth-order valence-electron chi connectivity index (χ4n) is 2.90. The molecule has 0 saturated heterocycles. The molecule has 29 heavy (non-hydrogen) atoms. The van der Waals surface area contributed by atoms with Gasteiger partial charge in [-0.25, -0.2) is 8.42 Å². The van der Waals surface area contributed by atoms with Crippen LogP contribution in [0.3, 0.4) is 0 Å². The van der Waals surface area contributed by atoms with E-state index in [1.165, 1.54) is 4.31 Å². The average molecular weight is 491 g/mol. The Morgan fingerprint density at radius 3 is 2.31 bits per heavy atom. The van der Waals surface area contributed by atoms with E-state index in [9.17, 15) is 8.42 Å². The van der Waals surface area contributed by atoms with Crippen molar-refractivity contribution in [1.29, 1.82) is 0 Å². The molecule has 0 bridgehead atoms. The SMILES string of the molecule is Cc1ccc(S(=O)(=O)N(C/C(Br)=C/c2ccccc2)c2cc(Cl)ccc2C)cc1. The van der Waals surface area contributed by atoms with Crippen molar-refractivity contribution in [2.45, 2.75) is 18.7 Å². The van der Waals surface area contributed by atoms with E-state index in [2.05, 4.69) is 15.9 Å². The summed E-state index contributed by atoms with van der Waals surface area (Å²) in [4.78, 5) is 0.238. The lowest BCUT2D eigenvalue weighted by Gasteiger charge is -2.26. The van der Waals surface area contributed by atoms with Crippen molar-refractivity contribution in [2.24, 2.45) is 0 Å². The fourth-order valence-corrected chi connectivity index (χ4v) is 5.25. The van der Waals surface area contributed by atoms with Crippen molar-refractivity contribution in [3.05, 3.63) is 99.0 Å². The third-order valence-corrected chi connectivity index (χ3v) is 6.96. The number of nitrogens with zero attached hydrogens (tertiary/aromatic N) is 1. The van der Waals surface area contributed by atoms with Crippen LogP contribution in [0.4, 0.5) is 5.69 Å². The minimum Gasteiger partial charge on any atom is -0.261 e. The first-order chi connectivity index (χ1) is 13.8. The molecule has 0 amide bonds. The van der Waals surface area contributed by atoms with E-state index in [-0.39, 0.29) is 11.4 Å². The zero-order valence-electron chi connectivity index (χ0n) is 16.1. The van der Waals surface area contributed by atoms with Gasteiger partial charge in [0.1, 0.15) is 0 Å². The van der Waals surface area contributed by atoms with Crippen LogP contribution in [0.5, 0.6) is 0 Å². The second kappa shape index (κ2) is 9.16. The number of halogens is 2. The van der Waals surface area contributed by atoms with Gasteiger partial charge in [-0.1, -0.05) is 81.6 Å². The van der Waals surface area contributed by atoms with Crippen LogP contribution >= 0.6 is 27.5 Å². The van der Waals surface area contributed by atoms with Crippen LogP contribution in [0.1, 0.15) is 16.7 Å². The fraction of sp³-hybridized carbons (Fsp3) is 0.130. The summed E-state index contributed by atoms with van der Waals surface area (Å²) in [6, 6.07) is 21.9. The van der Waals surface area contributed by atoms with Crippen molar-refractivity contribution >= 4 is 49.3 Å². The van der Waals surface area contributed by atoms with Crippen LogP contribution in [0.15, 0.2) is 82.2 Å². The Balaban J connectivity index is 2.08. The molecule has 0 N–H and O–H groups in total. The van der Waals surface area contributed by atoms with Crippen molar-refractivity contribution in [3.8, 4) is 0 Å². The number of sulfonamides is 1. The second-order valence-electron chi connectivity index (χ2n) is 6.76. The molecule has 0 atom stereocenters. The zero-order chi connectivity index (χ0) is 21.0. The topological polar surface area (TPSA) is 37.4 Å². The highest BCUT2D eigenvalue weighted by atomic mass is 79.9. The van der Waals surface area contributed by atoms with Crippen LogP contribution < -0.4 is 4.31 Å². The standard InChI is InChI=1S/C23H21BrClNO2S/c1-17-8-12-22(13-9-17)29(27,28)26(23-15-21(25)11-10-18(23)2)16-20(24)14-19-6-4-3-5-7-19/h3-15H,16H2,1-2H3/b20-14-. The number of aryl methyl sites for hydroxylation is 2. The number of hydrogen-bond donors (Lipinski definition) is 0. The van der Waals surface area contributed by atoms with Gasteiger partial charge < -0.3 is 0 Å². The second-order valence-corrected chi connectivity index (χ2v) is 10.1. The Bertz CT molecular complexity index is 1130. The predicted octanol–water partition coefficient (Wildman–Crippen LogP) is 6.59. The van der Waals surface area contributed by atoms with Crippen LogP contribution in [0, 0.1) is 13.8 Å². The highest BCUT2D eigenvalue weighted by Crippen LogP contribution is 2.31. The van der Waals surface area contributed by atoms with Gasteiger partial charge in [0.15, 0.2) is 0 Å². The van der Waals surface area contributed by atoms with Gasteiger partial charge >= 0.3 is 0 Å². The summed E-state index contributed by atoms with van der Waals surface area (Å²) in [5.41, 5.74) is 3.36. The van der Waals surface area contributed by atoms with Crippen LogP contribution in [-0.4, -0.2) is 15.0 Å². The van der Waals surface area contributed by atoms with Gasteiger partial charge in [-0.05, 0) is 55.3 Å². The van der Waals surface area contributed by atoms with E-state index in [4.69, 9.17) is 11.6 Å². The molecule has 0 radical (unpaired) electrons. The van der Waals surface area contributed by atoms with Gasteiger partial charge in [0.05, 0.1) is 17.1 Å². The third kappa shape index (κ3) is 5.30. The molecular formula is C23H21BrClNO2S. The van der Waals surface area contributed by atoms with E-state index in [0.29, 0.717) is 10.7 Å². The van der Waals surface area contributed by atoms with Gasteiger partial charge in [0.2, 0.25) is 0 Å². The molecule has 0 aliphatic rings. The third-order valence-electron chi connectivity index (χ3n) is 4.47. The summed E-state index contributed by atoms with van der Waals surface area (Å²) in [6.07, 6.45) is 1.91. The molecule has 0 aliphatic heterocycles. The number of hydrogen-bond acceptors (Lipinski definition) is 2. The summed E-state index contributed by atoms with van der Waals surface area (Å²) in [6.45, 7) is 3.94. The minimum absolute atomic E-state index is 0.145. The molecule has 3 aromatic rings. The average Bonchev–Trinajstić information content (AvgIpc) is 2.69. The smallest absolute Gasteiger partial charge is 0.261 e. The number of benzene rings is 3. The van der Waals surface area contributed by atoms with Crippen molar-refractivity contribution in [3.63, 3.8) is 0 Å². The molecule has 150 valence electrons. The predicted molar refractivity (Wildman–Crippen MR) is 125 cm³/mol. The molecule has 0 fully saturated rings. The van der Waals surface area contributed by atoms with E-state index >= 15 is 0 Å². The first-order valence-corrected chi connectivity index (χ1v) is 11.6. The maximum absolute atomic E-state index is 13.5. The van der Waals surface area contributed by atoms with Gasteiger partial charge in [-0.3, -0.25) is 4.31 Å². The normalized spacial score (nSPS) is 12.1. The summed E-state index contributed by atoms with van der Waals surface area (Å²) < 4.78 is 29.2. The van der Waals surface area contributed by atoms with Gasteiger partial charge in [0.25, 0.3) is 10.0 Å². The van der Waals surface area contributed by atoms with Crippen molar-refractivity contribution in [1.82, 2.24) is 0 Å². The largest absolute Gasteiger partial charge is 0.264 e. The van der Waals surface area contributed by atoms with Crippen molar-refractivity contribution in [2.75, 3.05) is 10.8 Å². The lowest BCUT2D eigenvalue weighted by Crippen LogP contribution is -2.32. The molecule has 0 spiro atoms. The Morgan fingerprint density at radius 1 is 1.00 bits per heavy atom. The van der Waals surface area contributed by atoms with Gasteiger partial charge in [-0.2, -0.15) is 0 Å². The summed E-state index contributed by atoms with van der Waals surface area (Å²) in [5, 5.41) is 0.484. The van der Waals surface area contributed by atoms with E-state index < -0.39 is 10.0 Å². The quantitative estimate of drug-likeness (QED) is 0.391. The van der Waals surface area contributed by atoms with Crippen molar-refractivity contribution < 1.29 is 8.42 Å². The van der Waals surface area contributed by atoms with Crippen LogP contribution in [0.25, 0.3) is 6.08 Å². The Kier molecular flexibility index (Phi) is 6.83. The summed E-state index contributed by atoms with van der Waals surface area (Å²) in [5.74, 6) is 0. The molecule has 3 aromatic carbocycles. The van der Waals surface area contributed by atoms with E-state index in [0.717, 1.165) is 21.2 Å². The molecule has 3 nitrogen and oxygen atoms in total. The van der Waals surface area contributed by atoms with Gasteiger partial charge in [-0.15, -0.1) is 0 Å². The highest BCUT2D eigenvalue weighted by molar-refractivity contribution is 9.11. The molecular weight excluding hydrogens is 470 g/mol. The summed E-state index contributed by atoms with van der Waals surface area (Å²) in [7, 11) is -3.79. The molecule has 0 aliphatic carbocycles. The number of rotatable bonds is 6. The maximum atomic E-state index is 13.5. The lowest BCUT2D eigenvalue weighted by molar-refractivity contribution is 0.592. The Morgan fingerprint density at radius 2 is 1.66 bits per heavy atom. The number of anilines is 1. The molecule has 0 unspecified atom stereocenters. The van der Waals surface area contributed by atoms with Crippen LogP contribution in [0.2, 0.25) is 5.02 Å². The monoisotopic (exact) mass is 489 g/mol. The highest BCUT2D eigenvalue weighted by Gasteiger charge is 2.27. The minimum atomic E-state index is -3.79. The zero-order valence-corrected chi connectivity index (χ0v) is 19.3.